The van der Waals surface area contributed by atoms with Gasteiger partial charge in [-0.05, 0) is 26.0 Å². The fourth-order valence-corrected chi connectivity index (χ4v) is 0.833. The highest BCUT2D eigenvalue weighted by atomic mass is 16.1. The van der Waals surface area contributed by atoms with Gasteiger partial charge < -0.3 is 5.32 Å². The number of nitrogens with zero attached hydrogens (tertiary/aromatic N) is 1. The predicted octanol–water partition coefficient (Wildman–Crippen LogP) is 1.22. The molecule has 1 rings (SSSR count). The summed E-state index contributed by atoms with van der Waals surface area (Å²) < 4.78 is 0. The van der Waals surface area contributed by atoms with E-state index in [0.717, 1.165) is 0 Å². The second-order valence-corrected chi connectivity index (χ2v) is 2.84. The van der Waals surface area contributed by atoms with Crippen molar-refractivity contribution in [2.24, 2.45) is 0 Å². The number of hydrogen-bond acceptors (Lipinski definition) is 2. The first-order valence-electron chi connectivity index (χ1n) is 3.92. The third-order valence-electron chi connectivity index (χ3n) is 1.32. The zero-order valence-corrected chi connectivity index (χ0v) is 7.24. The zero-order valence-electron chi connectivity index (χ0n) is 7.24. The van der Waals surface area contributed by atoms with E-state index in [4.69, 9.17) is 0 Å². The molecule has 1 amide bonds. The molecule has 1 heterocycles. The number of aromatic nitrogens is 1. The summed E-state index contributed by atoms with van der Waals surface area (Å²) in [5, 5.41) is 2.76. The van der Waals surface area contributed by atoms with Crippen molar-refractivity contribution in [1.29, 1.82) is 0 Å². The monoisotopic (exact) mass is 164 g/mol. The number of hydrogen-bond donors (Lipinski definition) is 1. The van der Waals surface area contributed by atoms with E-state index < -0.39 is 0 Å². The minimum absolute atomic E-state index is 0.120. The van der Waals surface area contributed by atoms with Gasteiger partial charge in [0.1, 0.15) is 5.69 Å². The number of pyridine rings is 1. The Kier molecular flexibility index (Phi) is 2.80. The molecule has 0 radical (unpaired) electrons. The van der Waals surface area contributed by atoms with Gasteiger partial charge in [0.2, 0.25) is 0 Å². The van der Waals surface area contributed by atoms with Crippen LogP contribution in [0.3, 0.4) is 0 Å². The molecule has 0 fully saturated rings. The molecule has 0 atom stereocenters. The molecule has 0 spiro atoms. The Bertz CT molecular complexity index is 256. The Hall–Kier alpha value is -1.38. The molecule has 0 aliphatic carbocycles. The van der Waals surface area contributed by atoms with Gasteiger partial charge in [-0.2, -0.15) is 0 Å². The predicted molar refractivity (Wildman–Crippen MR) is 46.8 cm³/mol. The van der Waals surface area contributed by atoms with Crippen molar-refractivity contribution in [3.63, 3.8) is 0 Å². The fraction of sp³-hybridized carbons (Fsp3) is 0.333. The van der Waals surface area contributed by atoms with Crippen LogP contribution in [-0.4, -0.2) is 16.9 Å². The zero-order chi connectivity index (χ0) is 8.97. The van der Waals surface area contributed by atoms with E-state index >= 15 is 0 Å². The summed E-state index contributed by atoms with van der Waals surface area (Å²) in [6.45, 7) is 3.84. The van der Waals surface area contributed by atoms with Crippen LogP contribution in [0.2, 0.25) is 0 Å². The van der Waals surface area contributed by atoms with Gasteiger partial charge in [-0.25, -0.2) is 0 Å². The van der Waals surface area contributed by atoms with Gasteiger partial charge in [0.15, 0.2) is 0 Å². The first kappa shape index (κ1) is 8.71. The van der Waals surface area contributed by atoms with Crippen LogP contribution in [0, 0.1) is 0 Å². The van der Waals surface area contributed by atoms with Crippen molar-refractivity contribution in [2.75, 3.05) is 0 Å². The van der Waals surface area contributed by atoms with Gasteiger partial charge in [-0.3, -0.25) is 9.78 Å². The lowest BCUT2D eigenvalue weighted by Gasteiger charge is -2.06. The van der Waals surface area contributed by atoms with E-state index in [0.29, 0.717) is 5.69 Å². The topological polar surface area (TPSA) is 42.0 Å². The van der Waals surface area contributed by atoms with E-state index in [1.54, 1.807) is 24.4 Å². The summed E-state index contributed by atoms with van der Waals surface area (Å²) in [4.78, 5) is 15.2. The van der Waals surface area contributed by atoms with Crippen LogP contribution in [0.15, 0.2) is 24.4 Å². The summed E-state index contributed by atoms with van der Waals surface area (Å²) >= 11 is 0. The Morgan fingerprint density at radius 3 is 2.75 bits per heavy atom. The normalized spacial score (nSPS) is 9.92. The molecule has 0 saturated heterocycles. The molecule has 64 valence electrons. The number of carbonyl (C=O) groups is 1. The Morgan fingerprint density at radius 1 is 1.50 bits per heavy atom. The average Bonchev–Trinajstić information content (AvgIpc) is 2.05. The molecular weight excluding hydrogens is 152 g/mol. The van der Waals surface area contributed by atoms with E-state index in [1.807, 2.05) is 13.8 Å². The van der Waals surface area contributed by atoms with Gasteiger partial charge in [0.05, 0.1) is 0 Å². The average molecular weight is 164 g/mol. The fourth-order valence-electron chi connectivity index (χ4n) is 0.833. The van der Waals surface area contributed by atoms with Crippen molar-refractivity contribution >= 4 is 5.91 Å². The van der Waals surface area contributed by atoms with Gasteiger partial charge in [0.25, 0.3) is 5.91 Å². The largest absolute Gasteiger partial charge is 0.349 e. The van der Waals surface area contributed by atoms with Crippen LogP contribution in [-0.2, 0) is 0 Å². The minimum atomic E-state index is -0.120. The molecule has 1 aromatic rings. The molecule has 0 saturated carbocycles. The summed E-state index contributed by atoms with van der Waals surface area (Å²) in [5.74, 6) is -0.120. The van der Waals surface area contributed by atoms with Gasteiger partial charge in [0, 0.05) is 12.2 Å². The number of carbonyl (C=O) groups excluding carboxylic acids is 1. The van der Waals surface area contributed by atoms with Crippen LogP contribution in [0.4, 0.5) is 0 Å². The van der Waals surface area contributed by atoms with Crippen LogP contribution in [0.25, 0.3) is 0 Å². The minimum Gasteiger partial charge on any atom is -0.349 e. The summed E-state index contributed by atoms with van der Waals surface area (Å²) in [7, 11) is 0. The smallest absolute Gasteiger partial charge is 0.270 e. The van der Waals surface area contributed by atoms with E-state index in [1.165, 1.54) is 0 Å². The summed E-state index contributed by atoms with van der Waals surface area (Å²) in [5.41, 5.74) is 0.464. The van der Waals surface area contributed by atoms with Gasteiger partial charge >= 0.3 is 0 Å². The van der Waals surface area contributed by atoms with Crippen LogP contribution in [0.5, 0.6) is 0 Å². The number of nitrogens with one attached hydrogen (secondary N) is 1. The molecule has 0 aromatic carbocycles. The number of amides is 1. The quantitative estimate of drug-likeness (QED) is 0.714. The second kappa shape index (κ2) is 3.85. The molecule has 3 heteroatoms. The van der Waals surface area contributed by atoms with Crippen molar-refractivity contribution < 1.29 is 4.79 Å². The van der Waals surface area contributed by atoms with Crippen LogP contribution < -0.4 is 5.32 Å². The van der Waals surface area contributed by atoms with Crippen molar-refractivity contribution in [1.82, 2.24) is 10.3 Å². The second-order valence-electron chi connectivity index (χ2n) is 2.84. The van der Waals surface area contributed by atoms with Gasteiger partial charge in [-0.1, -0.05) is 6.07 Å². The highest BCUT2D eigenvalue weighted by Crippen LogP contribution is 1.93. The standard InChI is InChI=1S/C9H12N2O/c1-7(2)11-9(12)8-5-3-4-6-10-8/h3-7H,1-2H3,(H,11,12). The maximum Gasteiger partial charge on any atom is 0.270 e. The SMILES string of the molecule is CC(C)NC(=O)c1ccccn1. The lowest BCUT2D eigenvalue weighted by atomic mass is 10.3. The van der Waals surface area contributed by atoms with E-state index in [-0.39, 0.29) is 11.9 Å². The molecule has 0 unspecified atom stereocenters. The molecule has 1 aromatic heterocycles. The maximum absolute atomic E-state index is 11.3. The lowest BCUT2D eigenvalue weighted by Crippen LogP contribution is -2.30. The molecular formula is C9H12N2O. The maximum atomic E-state index is 11.3. The Morgan fingerprint density at radius 2 is 2.25 bits per heavy atom. The highest BCUT2D eigenvalue weighted by Gasteiger charge is 2.05. The van der Waals surface area contributed by atoms with Crippen LogP contribution >= 0.6 is 0 Å². The Labute approximate surface area is 71.8 Å². The highest BCUT2D eigenvalue weighted by molar-refractivity contribution is 5.92. The van der Waals surface area contributed by atoms with Crippen molar-refractivity contribution in [3.8, 4) is 0 Å². The van der Waals surface area contributed by atoms with Crippen molar-refractivity contribution in [3.05, 3.63) is 30.1 Å². The molecule has 12 heavy (non-hydrogen) atoms. The summed E-state index contributed by atoms with van der Waals surface area (Å²) in [6, 6.07) is 5.42. The molecule has 0 bridgehead atoms. The van der Waals surface area contributed by atoms with Gasteiger partial charge in [-0.15, -0.1) is 0 Å². The summed E-state index contributed by atoms with van der Waals surface area (Å²) in [6.07, 6.45) is 1.61. The van der Waals surface area contributed by atoms with Crippen molar-refractivity contribution in [2.45, 2.75) is 19.9 Å². The first-order valence-corrected chi connectivity index (χ1v) is 3.92. The Balaban J connectivity index is 2.66. The van der Waals surface area contributed by atoms with Crippen LogP contribution in [0.1, 0.15) is 24.3 Å². The third-order valence-corrected chi connectivity index (χ3v) is 1.32. The molecule has 3 nitrogen and oxygen atoms in total. The lowest BCUT2D eigenvalue weighted by molar-refractivity contribution is 0.0938. The molecule has 0 aliphatic heterocycles. The van der Waals surface area contributed by atoms with E-state index in [2.05, 4.69) is 10.3 Å². The molecule has 1 N–H and O–H groups in total. The van der Waals surface area contributed by atoms with E-state index in [9.17, 15) is 4.79 Å². The first-order chi connectivity index (χ1) is 5.70. The third kappa shape index (κ3) is 2.34. The number of rotatable bonds is 2. The molecule has 0 aliphatic rings.